The molecule has 0 radical (unpaired) electrons. The number of halogens is 3. The fraction of sp³-hybridized carbons (Fsp3) is 0.343. The van der Waals surface area contributed by atoms with Crippen LogP contribution >= 0.6 is 0 Å². The molecule has 0 saturated carbocycles. The third-order valence-electron chi connectivity index (χ3n) is 7.92. The van der Waals surface area contributed by atoms with Crippen LogP contribution in [0.3, 0.4) is 0 Å². The summed E-state index contributed by atoms with van der Waals surface area (Å²) >= 11 is 0. The van der Waals surface area contributed by atoms with E-state index in [-0.39, 0.29) is 36.4 Å². The molecule has 2 heterocycles. The van der Waals surface area contributed by atoms with Crippen LogP contribution in [0.4, 0.5) is 13.2 Å². The number of alkyl halides is 3. The molecule has 1 aliphatic heterocycles. The normalized spacial score (nSPS) is 16.1. The molecule has 2 amide bonds. The summed E-state index contributed by atoms with van der Waals surface area (Å²) in [5.41, 5.74) is 3.51. The molecule has 0 aliphatic carbocycles. The van der Waals surface area contributed by atoms with Crippen molar-refractivity contribution in [2.75, 3.05) is 13.1 Å². The van der Waals surface area contributed by atoms with Crippen molar-refractivity contribution in [1.82, 2.24) is 20.5 Å². The lowest BCUT2D eigenvalue weighted by Crippen LogP contribution is -2.48. The van der Waals surface area contributed by atoms with Crippen LogP contribution in [0.5, 0.6) is 5.75 Å². The number of hydrogen-bond acceptors (Lipinski definition) is 7. The largest absolute Gasteiger partial charge is 0.573 e. The van der Waals surface area contributed by atoms with Gasteiger partial charge in [-0.15, -0.1) is 13.2 Å². The minimum Gasteiger partial charge on any atom is -0.446 e. The molecule has 4 aromatic rings. The molecule has 0 unspecified atom stereocenters. The summed E-state index contributed by atoms with van der Waals surface area (Å²) in [5, 5.41) is 17.2. The Bertz CT molecular complexity index is 1680. The number of rotatable bonds is 12. The van der Waals surface area contributed by atoms with E-state index in [9.17, 15) is 27.9 Å². The molecule has 1 fully saturated rings. The van der Waals surface area contributed by atoms with Gasteiger partial charge in [-0.2, -0.15) is 0 Å². The Morgan fingerprint density at radius 1 is 1.04 bits per heavy atom. The minimum absolute atomic E-state index is 0.0380. The Hall–Kier alpha value is -4.68. The minimum atomic E-state index is -4.80. The second-order valence-electron chi connectivity index (χ2n) is 11.7. The summed E-state index contributed by atoms with van der Waals surface area (Å²) in [6.07, 6.45) is -2.46. The Morgan fingerprint density at radius 3 is 2.51 bits per heavy atom. The third kappa shape index (κ3) is 9.20. The quantitative estimate of drug-likeness (QED) is 0.181. The van der Waals surface area contributed by atoms with Crippen molar-refractivity contribution in [2.45, 2.75) is 64.2 Å². The van der Waals surface area contributed by atoms with Gasteiger partial charge in [0.25, 0.3) is 11.8 Å². The molecule has 47 heavy (non-hydrogen) atoms. The third-order valence-corrected chi connectivity index (χ3v) is 7.92. The van der Waals surface area contributed by atoms with E-state index in [1.165, 1.54) is 18.2 Å². The first-order valence-corrected chi connectivity index (χ1v) is 15.4. The van der Waals surface area contributed by atoms with Gasteiger partial charge in [0.2, 0.25) is 5.89 Å². The molecule has 1 saturated heterocycles. The highest BCUT2D eigenvalue weighted by atomic mass is 19.4. The van der Waals surface area contributed by atoms with E-state index in [1.807, 2.05) is 37.3 Å². The first-order valence-electron chi connectivity index (χ1n) is 15.4. The van der Waals surface area contributed by atoms with Gasteiger partial charge < -0.3 is 29.8 Å². The van der Waals surface area contributed by atoms with Crippen molar-refractivity contribution >= 4 is 11.8 Å². The van der Waals surface area contributed by atoms with Crippen molar-refractivity contribution in [2.24, 2.45) is 0 Å². The van der Waals surface area contributed by atoms with E-state index in [4.69, 9.17) is 4.42 Å². The fourth-order valence-electron chi connectivity index (χ4n) is 5.76. The van der Waals surface area contributed by atoms with Gasteiger partial charge in [-0.3, -0.25) is 9.59 Å². The summed E-state index contributed by atoms with van der Waals surface area (Å²) in [5.74, 6) is -0.528. The van der Waals surface area contributed by atoms with Gasteiger partial charge in [0.15, 0.2) is 0 Å². The van der Waals surface area contributed by atoms with Gasteiger partial charge in [-0.1, -0.05) is 42.5 Å². The van der Waals surface area contributed by atoms with Gasteiger partial charge in [0, 0.05) is 30.8 Å². The number of aryl methyl sites for hydroxylation is 2. The molecular weight excluding hydrogens is 613 g/mol. The molecule has 248 valence electrons. The fourth-order valence-corrected chi connectivity index (χ4v) is 5.76. The van der Waals surface area contributed by atoms with Crippen molar-refractivity contribution in [1.29, 1.82) is 0 Å². The topological polar surface area (TPSA) is 117 Å². The number of hydrogen-bond donors (Lipinski definition) is 3. The molecule has 0 bridgehead atoms. The molecule has 3 N–H and O–H groups in total. The first-order chi connectivity index (χ1) is 22.4. The lowest BCUT2D eigenvalue weighted by molar-refractivity contribution is -0.274. The average Bonchev–Trinajstić information content (AvgIpc) is 3.69. The van der Waals surface area contributed by atoms with E-state index in [2.05, 4.69) is 20.4 Å². The summed E-state index contributed by atoms with van der Waals surface area (Å²) < 4.78 is 47.5. The monoisotopic (exact) mass is 650 g/mol. The zero-order valence-electron chi connectivity index (χ0n) is 26.1. The van der Waals surface area contributed by atoms with Gasteiger partial charge in [-0.05, 0) is 80.1 Å². The Labute approximate surface area is 270 Å². The number of aliphatic hydroxyl groups is 1. The standard InChI is InChI=1S/C35H37F3N4O5/c1-22-14-26(18-27(15-22)34(45)42-13-7-12-30(42)33-40-23(2)21-46-33)32(44)41-29(17-24-8-4-3-5-9-24)31(43)20-39-19-25-10-6-11-28(16-25)47-35(36,37)38/h3-6,8-11,14-16,18,21,29-31,39,43H,7,12-13,17,19-20H2,1-2H3,(H,41,44)/t29-,30+,31+/m0/s1. The highest BCUT2D eigenvalue weighted by molar-refractivity contribution is 6.00. The number of nitrogens with zero attached hydrogens (tertiary/aromatic N) is 2. The zero-order valence-corrected chi connectivity index (χ0v) is 26.1. The molecule has 12 heteroatoms. The van der Waals surface area contributed by atoms with Crippen LogP contribution in [-0.4, -0.2) is 58.4 Å². The number of oxazole rings is 1. The molecule has 3 atom stereocenters. The van der Waals surface area contributed by atoms with Crippen LogP contribution in [0.2, 0.25) is 0 Å². The predicted octanol–water partition coefficient (Wildman–Crippen LogP) is 5.66. The lowest BCUT2D eigenvalue weighted by Gasteiger charge is -2.25. The number of aliphatic hydroxyl groups excluding tert-OH is 1. The number of aromatic nitrogens is 1. The molecule has 3 aromatic carbocycles. The number of benzene rings is 3. The van der Waals surface area contributed by atoms with Gasteiger partial charge in [-0.25, -0.2) is 4.98 Å². The number of carbonyl (C=O) groups is 2. The maximum absolute atomic E-state index is 13.7. The molecule has 0 spiro atoms. The first kappa shape index (κ1) is 33.7. The number of likely N-dealkylation sites (tertiary alicyclic amines) is 1. The molecule has 5 rings (SSSR count). The van der Waals surface area contributed by atoms with E-state index in [0.29, 0.717) is 30.0 Å². The summed E-state index contributed by atoms with van der Waals surface area (Å²) in [6, 6.07) is 18.9. The number of ether oxygens (including phenoxy) is 1. The second-order valence-corrected chi connectivity index (χ2v) is 11.7. The van der Waals surface area contributed by atoms with Gasteiger partial charge in [0.05, 0.1) is 17.8 Å². The predicted molar refractivity (Wildman–Crippen MR) is 168 cm³/mol. The Morgan fingerprint density at radius 2 is 1.79 bits per heavy atom. The Kier molecular flexibility index (Phi) is 10.6. The van der Waals surface area contributed by atoms with Crippen LogP contribution in [0.15, 0.2) is 83.5 Å². The summed E-state index contributed by atoms with van der Waals surface area (Å²) in [6.45, 7) is 4.37. The van der Waals surface area contributed by atoms with Crippen LogP contribution < -0.4 is 15.4 Å². The van der Waals surface area contributed by atoms with E-state index in [0.717, 1.165) is 29.7 Å². The molecule has 1 aromatic heterocycles. The van der Waals surface area contributed by atoms with E-state index >= 15 is 0 Å². The highest BCUT2D eigenvalue weighted by Crippen LogP contribution is 2.33. The van der Waals surface area contributed by atoms with Crippen molar-refractivity contribution in [3.63, 3.8) is 0 Å². The number of amides is 2. The van der Waals surface area contributed by atoms with Crippen molar-refractivity contribution in [3.8, 4) is 5.75 Å². The van der Waals surface area contributed by atoms with Crippen LogP contribution in [0, 0.1) is 13.8 Å². The van der Waals surface area contributed by atoms with Crippen molar-refractivity contribution in [3.05, 3.63) is 118 Å². The lowest BCUT2D eigenvalue weighted by atomic mass is 9.99. The van der Waals surface area contributed by atoms with Crippen LogP contribution in [-0.2, 0) is 13.0 Å². The maximum atomic E-state index is 13.7. The highest BCUT2D eigenvalue weighted by Gasteiger charge is 2.34. The van der Waals surface area contributed by atoms with Crippen molar-refractivity contribution < 1.29 is 37.0 Å². The molecule has 1 aliphatic rings. The van der Waals surface area contributed by atoms with E-state index < -0.39 is 24.4 Å². The Balaban J connectivity index is 1.28. The molecule has 9 nitrogen and oxygen atoms in total. The zero-order chi connectivity index (χ0) is 33.6. The summed E-state index contributed by atoms with van der Waals surface area (Å²) in [7, 11) is 0. The second kappa shape index (κ2) is 14.8. The SMILES string of the molecule is Cc1cc(C(=O)N[C@@H](Cc2ccccc2)[C@H](O)CNCc2cccc(OC(F)(F)F)c2)cc(C(=O)N2CCC[C@@H]2c2nc(C)co2)c1. The average molecular weight is 651 g/mol. The summed E-state index contributed by atoms with van der Waals surface area (Å²) in [4.78, 5) is 33.5. The van der Waals surface area contributed by atoms with E-state index in [1.54, 1.807) is 42.4 Å². The van der Waals surface area contributed by atoms with Crippen LogP contribution in [0.1, 0.15) is 67.9 Å². The van der Waals surface area contributed by atoms with Gasteiger partial charge in [0.1, 0.15) is 18.1 Å². The smallest absolute Gasteiger partial charge is 0.446 e. The number of nitrogens with one attached hydrogen (secondary N) is 2. The van der Waals surface area contributed by atoms with Crippen LogP contribution in [0.25, 0.3) is 0 Å². The molecular formula is C35H37F3N4O5. The van der Waals surface area contributed by atoms with Gasteiger partial charge >= 0.3 is 6.36 Å². The maximum Gasteiger partial charge on any atom is 0.573 e. The number of carbonyl (C=O) groups excluding carboxylic acids is 2.